The Bertz CT molecular complexity index is 343. The first kappa shape index (κ1) is 10.7. The number of rotatable bonds is 3. The molecule has 1 fully saturated rings. The van der Waals surface area contributed by atoms with Gasteiger partial charge in [0.05, 0.1) is 0 Å². The van der Waals surface area contributed by atoms with E-state index in [2.05, 4.69) is 45.9 Å². The van der Waals surface area contributed by atoms with Crippen molar-refractivity contribution in [3.63, 3.8) is 0 Å². The van der Waals surface area contributed by atoms with Gasteiger partial charge in [-0.25, -0.2) is 0 Å². The van der Waals surface area contributed by atoms with Gasteiger partial charge in [0.2, 0.25) is 0 Å². The van der Waals surface area contributed by atoms with E-state index in [0.29, 0.717) is 11.8 Å². The Morgan fingerprint density at radius 2 is 1.87 bits per heavy atom. The molecule has 0 aromatic heterocycles. The Morgan fingerprint density at radius 3 is 2.33 bits per heavy atom. The molecule has 0 nitrogen and oxygen atoms in total. The molecule has 0 heterocycles. The molecule has 1 aromatic rings. The molecule has 1 aromatic carbocycles. The van der Waals surface area contributed by atoms with Gasteiger partial charge in [-0.1, -0.05) is 39.0 Å². The summed E-state index contributed by atoms with van der Waals surface area (Å²) >= 11 is 0. The van der Waals surface area contributed by atoms with Crippen molar-refractivity contribution in [3.05, 3.63) is 41.8 Å². The fourth-order valence-corrected chi connectivity index (χ4v) is 2.17. The molecule has 1 aliphatic carbocycles. The van der Waals surface area contributed by atoms with Crippen LogP contribution >= 0.6 is 0 Å². The first-order valence-corrected chi connectivity index (χ1v) is 6.06. The van der Waals surface area contributed by atoms with E-state index in [-0.39, 0.29) is 0 Å². The van der Waals surface area contributed by atoms with Gasteiger partial charge in [-0.3, -0.25) is 0 Å². The van der Waals surface area contributed by atoms with Crippen LogP contribution in [0.25, 0.3) is 0 Å². The van der Waals surface area contributed by atoms with Crippen molar-refractivity contribution >= 4 is 0 Å². The smallest absolute Gasteiger partial charge is 0.0159 e. The molecule has 0 spiro atoms. The van der Waals surface area contributed by atoms with Crippen LogP contribution in [0.5, 0.6) is 0 Å². The molecule has 0 N–H and O–H groups in total. The molecule has 1 radical (unpaired) electrons. The normalized spacial score (nSPS) is 16.4. The van der Waals surface area contributed by atoms with E-state index < -0.39 is 0 Å². The van der Waals surface area contributed by atoms with Gasteiger partial charge in [0, 0.05) is 0 Å². The van der Waals surface area contributed by atoms with Crippen molar-refractivity contribution in [3.8, 4) is 0 Å². The molecule has 1 saturated carbocycles. The van der Waals surface area contributed by atoms with Crippen molar-refractivity contribution in [1.29, 1.82) is 0 Å². The van der Waals surface area contributed by atoms with E-state index in [1.807, 2.05) is 0 Å². The van der Waals surface area contributed by atoms with Crippen LogP contribution in [0.3, 0.4) is 0 Å². The minimum absolute atomic E-state index is 0.406. The zero-order chi connectivity index (χ0) is 11.0. The van der Waals surface area contributed by atoms with Crippen LogP contribution in [-0.2, 0) is 0 Å². The lowest BCUT2D eigenvalue weighted by Crippen LogP contribution is -1.98. The molecule has 2 rings (SSSR count). The fraction of sp³-hybridized carbons (Fsp3) is 0.533. The zero-order valence-electron chi connectivity index (χ0n) is 10.1. The predicted octanol–water partition coefficient (Wildman–Crippen LogP) is 4.62. The highest BCUT2D eigenvalue weighted by Crippen LogP contribution is 2.44. The highest BCUT2D eigenvalue weighted by atomic mass is 14.3. The van der Waals surface area contributed by atoms with Crippen molar-refractivity contribution < 1.29 is 0 Å². The van der Waals surface area contributed by atoms with Gasteiger partial charge >= 0.3 is 0 Å². The molecule has 15 heavy (non-hydrogen) atoms. The quantitative estimate of drug-likeness (QED) is 0.669. The van der Waals surface area contributed by atoms with Gasteiger partial charge in [-0.05, 0) is 54.2 Å². The van der Waals surface area contributed by atoms with E-state index >= 15 is 0 Å². The number of hydrogen-bond donors (Lipinski definition) is 0. The van der Waals surface area contributed by atoms with E-state index in [9.17, 15) is 0 Å². The highest BCUT2D eigenvalue weighted by molar-refractivity contribution is 5.40. The topological polar surface area (TPSA) is 0 Å². The monoisotopic (exact) mass is 201 g/mol. The molecule has 0 saturated heterocycles. The van der Waals surface area contributed by atoms with E-state index in [1.54, 1.807) is 11.1 Å². The molecule has 1 aliphatic rings. The third-order valence-electron chi connectivity index (χ3n) is 3.32. The van der Waals surface area contributed by atoms with Crippen molar-refractivity contribution in [2.24, 2.45) is 0 Å². The molecule has 1 atom stereocenters. The van der Waals surface area contributed by atoms with Crippen LogP contribution in [0, 0.1) is 6.92 Å². The number of hydrogen-bond acceptors (Lipinski definition) is 0. The standard InChI is InChI=1S/C15H21/c1-10(2)13-7-8-14(11(3)4)15(9-13)12-5-6-12/h7-12H,1,5-6H2,2-4H3. The molecule has 0 heteroatoms. The first-order valence-electron chi connectivity index (χ1n) is 6.06. The summed E-state index contributed by atoms with van der Waals surface area (Å²) < 4.78 is 0. The Kier molecular flexibility index (Phi) is 2.86. The predicted molar refractivity (Wildman–Crippen MR) is 66.3 cm³/mol. The summed E-state index contributed by atoms with van der Waals surface area (Å²) in [5.74, 6) is 1.90. The van der Waals surface area contributed by atoms with Gasteiger partial charge in [0.25, 0.3) is 0 Å². The van der Waals surface area contributed by atoms with Crippen LogP contribution in [0.1, 0.15) is 68.1 Å². The summed E-state index contributed by atoms with van der Waals surface area (Å²) in [5, 5.41) is 0. The zero-order valence-corrected chi connectivity index (χ0v) is 10.1. The summed E-state index contributed by atoms with van der Waals surface area (Å²) in [5.41, 5.74) is 4.53. The Balaban J connectivity index is 2.40. The highest BCUT2D eigenvalue weighted by Gasteiger charge is 2.27. The lowest BCUT2D eigenvalue weighted by atomic mass is 9.90. The second-order valence-corrected chi connectivity index (χ2v) is 5.22. The van der Waals surface area contributed by atoms with Gasteiger partial charge in [0.15, 0.2) is 0 Å². The number of benzene rings is 1. The summed E-state index contributed by atoms with van der Waals surface area (Å²) in [6.07, 6.45) is 2.77. The van der Waals surface area contributed by atoms with E-state index in [0.717, 1.165) is 5.92 Å². The average Bonchev–Trinajstić information content (AvgIpc) is 2.99. The van der Waals surface area contributed by atoms with Gasteiger partial charge in [-0.2, -0.15) is 0 Å². The summed E-state index contributed by atoms with van der Waals surface area (Å²) in [6, 6.07) is 6.96. The maximum absolute atomic E-state index is 4.10. The van der Waals surface area contributed by atoms with E-state index in [1.165, 1.54) is 18.4 Å². The van der Waals surface area contributed by atoms with Crippen molar-refractivity contribution in [1.82, 2.24) is 0 Å². The van der Waals surface area contributed by atoms with Crippen molar-refractivity contribution in [2.45, 2.75) is 51.4 Å². The maximum atomic E-state index is 4.10. The third kappa shape index (κ3) is 2.25. The van der Waals surface area contributed by atoms with Crippen molar-refractivity contribution in [2.75, 3.05) is 0 Å². The van der Waals surface area contributed by atoms with Gasteiger partial charge in [-0.15, -0.1) is 0 Å². The largest absolute Gasteiger partial charge is 0.0587 e. The summed E-state index contributed by atoms with van der Waals surface area (Å²) in [7, 11) is 0. The fourth-order valence-electron chi connectivity index (χ4n) is 2.17. The third-order valence-corrected chi connectivity index (χ3v) is 3.32. The Morgan fingerprint density at radius 1 is 1.20 bits per heavy atom. The SMILES string of the molecule is [CH2]C(C)c1ccc(C(C)C)c(C2CC2)c1. The molecule has 1 unspecified atom stereocenters. The van der Waals surface area contributed by atoms with Gasteiger partial charge < -0.3 is 0 Å². The summed E-state index contributed by atoms with van der Waals surface area (Å²) in [4.78, 5) is 0. The van der Waals surface area contributed by atoms with E-state index in [4.69, 9.17) is 0 Å². The molecule has 0 aliphatic heterocycles. The molecule has 81 valence electrons. The minimum Gasteiger partial charge on any atom is -0.0587 e. The van der Waals surface area contributed by atoms with Crippen LogP contribution in [-0.4, -0.2) is 0 Å². The Labute approximate surface area is 93.7 Å². The molecular formula is C15H21. The lowest BCUT2D eigenvalue weighted by Gasteiger charge is -2.15. The first-order chi connectivity index (χ1) is 7.09. The summed E-state index contributed by atoms with van der Waals surface area (Å²) in [6.45, 7) is 10.8. The van der Waals surface area contributed by atoms with Crippen LogP contribution in [0.15, 0.2) is 18.2 Å². The van der Waals surface area contributed by atoms with Crippen LogP contribution in [0.4, 0.5) is 0 Å². The Hall–Kier alpha value is -0.780. The van der Waals surface area contributed by atoms with Gasteiger partial charge in [0.1, 0.15) is 0 Å². The second kappa shape index (κ2) is 4.00. The van der Waals surface area contributed by atoms with Crippen LogP contribution < -0.4 is 0 Å². The molecule has 0 amide bonds. The molecule has 0 bridgehead atoms. The maximum Gasteiger partial charge on any atom is -0.0159 e. The lowest BCUT2D eigenvalue weighted by molar-refractivity contribution is 0.835. The van der Waals surface area contributed by atoms with Crippen LogP contribution in [0.2, 0.25) is 0 Å². The second-order valence-electron chi connectivity index (χ2n) is 5.22. The minimum atomic E-state index is 0.406. The average molecular weight is 201 g/mol. The molecular weight excluding hydrogens is 180 g/mol.